The van der Waals surface area contributed by atoms with Crippen LogP contribution in [0, 0.1) is 0 Å². The standard InChI is InChI=1S/C15H17N3O4S2/c1-10(19)17-11-2-4-12(5-3-11)23-8-13(20)16-6-7-18-14(21)9-24-15(18)22/h2-5H,6-9H2,1H3,(H,16,20)(H,17,19). The van der Waals surface area contributed by atoms with Gasteiger partial charge in [-0.3, -0.25) is 24.1 Å². The number of nitrogens with zero attached hydrogens (tertiary/aromatic N) is 1. The van der Waals surface area contributed by atoms with Gasteiger partial charge in [0.25, 0.3) is 5.24 Å². The van der Waals surface area contributed by atoms with Crippen molar-refractivity contribution >= 4 is 52.2 Å². The van der Waals surface area contributed by atoms with Crippen LogP contribution < -0.4 is 10.6 Å². The first-order chi connectivity index (χ1) is 11.5. The summed E-state index contributed by atoms with van der Waals surface area (Å²) >= 11 is 2.34. The van der Waals surface area contributed by atoms with Crippen LogP contribution in [0.15, 0.2) is 29.2 Å². The van der Waals surface area contributed by atoms with Gasteiger partial charge in [-0.15, -0.1) is 11.8 Å². The van der Waals surface area contributed by atoms with Crippen molar-refractivity contribution in [3.63, 3.8) is 0 Å². The third kappa shape index (κ3) is 5.57. The molecule has 4 amide bonds. The molecule has 1 aliphatic heterocycles. The van der Waals surface area contributed by atoms with Gasteiger partial charge in [0.1, 0.15) is 0 Å². The average molecular weight is 367 g/mol. The number of nitrogens with one attached hydrogen (secondary N) is 2. The second-order valence-electron chi connectivity index (χ2n) is 4.94. The normalized spacial score (nSPS) is 14.0. The molecule has 7 nitrogen and oxygen atoms in total. The van der Waals surface area contributed by atoms with Crippen LogP contribution in [0.2, 0.25) is 0 Å². The van der Waals surface area contributed by atoms with Crippen LogP contribution in [0.1, 0.15) is 6.92 Å². The minimum absolute atomic E-state index is 0.136. The first kappa shape index (κ1) is 18.3. The highest BCUT2D eigenvalue weighted by Gasteiger charge is 2.29. The molecule has 1 saturated heterocycles. The van der Waals surface area contributed by atoms with Crippen molar-refractivity contribution in [3.8, 4) is 0 Å². The summed E-state index contributed by atoms with van der Waals surface area (Å²) in [6.07, 6.45) is 0. The zero-order chi connectivity index (χ0) is 17.5. The van der Waals surface area contributed by atoms with E-state index in [9.17, 15) is 19.2 Å². The Morgan fingerprint density at radius 1 is 1.25 bits per heavy atom. The number of hydrogen-bond acceptors (Lipinski definition) is 6. The quantitative estimate of drug-likeness (QED) is 0.710. The van der Waals surface area contributed by atoms with Crippen LogP contribution in [0.4, 0.5) is 10.5 Å². The third-order valence-corrected chi connectivity index (χ3v) is 4.91. The van der Waals surface area contributed by atoms with E-state index in [1.54, 1.807) is 12.1 Å². The van der Waals surface area contributed by atoms with Crippen molar-refractivity contribution in [2.24, 2.45) is 0 Å². The maximum absolute atomic E-state index is 11.8. The molecule has 0 atom stereocenters. The highest BCUT2D eigenvalue weighted by atomic mass is 32.2. The van der Waals surface area contributed by atoms with Gasteiger partial charge in [-0.2, -0.15) is 0 Å². The number of carbonyl (C=O) groups excluding carboxylic acids is 4. The van der Waals surface area contributed by atoms with Gasteiger partial charge in [0, 0.05) is 30.6 Å². The van der Waals surface area contributed by atoms with Gasteiger partial charge in [-0.05, 0) is 24.3 Å². The Bertz CT molecular complexity index is 633. The molecule has 128 valence electrons. The van der Waals surface area contributed by atoms with Crippen LogP contribution in [0.25, 0.3) is 0 Å². The van der Waals surface area contributed by atoms with E-state index in [4.69, 9.17) is 0 Å². The van der Waals surface area contributed by atoms with E-state index in [2.05, 4.69) is 10.6 Å². The Hall–Kier alpha value is -2.00. The minimum atomic E-state index is -0.261. The smallest absolute Gasteiger partial charge is 0.288 e. The molecule has 9 heteroatoms. The largest absolute Gasteiger partial charge is 0.354 e. The summed E-state index contributed by atoms with van der Waals surface area (Å²) in [5, 5.41) is 5.09. The van der Waals surface area contributed by atoms with Crippen molar-refractivity contribution < 1.29 is 19.2 Å². The van der Waals surface area contributed by atoms with Gasteiger partial charge in [0.2, 0.25) is 17.7 Å². The second-order valence-corrected chi connectivity index (χ2v) is 6.92. The van der Waals surface area contributed by atoms with Crippen molar-refractivity contribution in [2.75, 3.05) is 29.9 Å². The van der Waals surface area contributed by atoms with Crippen molar-refractivity contribution in [2.45, 2.75) is 11.8 Å². The molecule has 0 spiro atoms. The maximum Gasteiger partial charge on any atom is 0.288 e. The molecule has 0 radical (unpaired) electrons. The zero-order valence-corrected chi connectivity index (χ0v) is 14.7. The topological polar surface area (TPSA) is 95.6 Å². The molecule has 0 bridgehead atoms. The molecule has 0 unspecified atom stereocenters. The average Bonchev–Trinajstić information content (AvgIpc) is 2.85. The van der Waals surface area contributed by atoms with Gasteiger partial charge < -0.3 is 10.6 Å². The minimum Gasteiger partial charge on any atom is -0.354 e. The Morgan fingerprint density at radius 2 is 1.96 bits per heavy atom. The molecule has 1 heterocycles. The molecule has 1 aliphatic rings. The van der Waals surface area contributed by atoms with Crippen molar-refractivity contribution in [1.29, 1.82) is 0 Å². The molecule has 1 aromatic rings. The monoisotopic (exact) mass is 367 g/mol. The highest BCUT2D eigenvalue weighted by molar-refractivity contribution is 8.14. The van der Waals surface area contributed by atoms with E-state index < -0.39 is 0 Å². The summed E-state index contributed by atoms with van der Waals surface area (Å²) in [6, 6.07) is 7.18. The van der Waals surface area contributed by atoms with E-state index in [1.807, 2.05) is 12.1 Å². The van der Waals surface area contributed by atoms with Gasteiger partial charge in [0.15, 0.2) is 0 Å². The Labute approximate surface area is 147 Å². The van der Waals surface area contributed by atoms with E-state index >= 15 is 0 Å². The molecule has 0 saturated carbocycles. The second kappa shape index (κ2) is 8.74. The van der Waals surface area contributed by atoms with E-state index in [-0.39, 0.29) is 47.6 Å². The van der Waals surface area contributed by atoms with E-state index in [0.29, 0.717) is 5.69 Å². The summed E-state index contributed by atoms with van der Waals surface area (Å²) < 4.78 is 0. The summed E-state index contributed by atoms with van der Waals surface area (Å²) in [5.74, 6) is -0.110. The fraction of sp³-hybridized carbons (Fsp3) is 0.333. The Morgan fingerprint density at radius 3 is 2.54 bits per heavy atom. The lowest BCUT2D eigenvalue weighted by Crippen LogP contribution is -2.38. The van der Waals surface area contributed by atoms with Crippen LogP contribution in [-0.4, -0.2) is 52.5 Å². The fourth-order valence-electron chi connectivity index (χ4n) is 1.94. The summed E-state index contributed by atoms with van der Waals surface area (Å²) in [4.78, 5) is 47.6. The highest BCUT2D eigenvalue weighted by Crippen LogP contribution is 2.20. The Kier molecular flexibility index (Phi) is 6.68. The van der Waals surface area contributed by atoms with E-state index in [1.165, 1.54) is 18.7 Å². The van der Waals surface area contributed by atoms with Crippen molar-refractivity contribution in [3.05, 3.63) is 24.3 Å². The molecule has 24 heavy (non-hydrogen) atoms. The molecule has 1 aromatic carbocycles. The zero-order valence-electron chi connectivity index (χ0n) is 13.0. The lowest BCUT2D eigenvalue weighted by atomic mass is 10.3. The number of anilines is 1. The molecule has 0 aliphatic carbocycles. The molecule has 2 N–H and O–H groups in total. The first-order valence-electron chi connectivity index (χ1n) is 7.20. The number of rotatable bonds is 7. The predicted octanol–water partition coefficient (Wildman–Crippen LogP) is 1.55. The SMILES string of the molecule is CC(=O)Nc1ccc(SCC(=O)NCCN2C(=O)CSC2=O)cc1. The fourth-order valence-corrected chi connectivity index (χ4v) is 3.42. The van der Waals surface area contributed by atoms with Crippen LogP contribution in [0.3, 0.4) is 0 Å². The van der Waals surface area contributed by atoms with Gasteiger partial charge in [-0.25, -0.2) is 0 Å². The van der Waals surface area contributed by atoms with E-state index in [0.717, 1.165) is 21.6 Å². The van der Waals surface area contributed by atoms with Gasteiger partial charge in [-0.1, -0.05) is 11.8 Å². The Balaban J connectivity index is 1.68. The number of hydrogen-bond donors (Lipinski definition) is 2. The number of benzene rings is 1. The number of thioether (sulfide) groups is 2. The summed E-state index contributed by atoms with van der Waals surface area (Å²) in [7, 11) is 0. The molecule has 1 fully saturated rings. The number of amides is 4. The summed E-state index contributed by atoms with van der Waals surface area (Å²) in [6.45, 7) is 1.89. The van der Waals surface area contributed by atoms with Crippen LogP contribution in [-0.2, 0) is 14.4 Å². The molecule has 0 aromatic heterocycles. The lowest BCUT2D eigenvalue weighted by Gasteiger charge is -2.13. The predicted molar refractivity (Wildman–Crippen MR) is 94.0 cm³/mol. The number of imide groups is 1. The van der Waals surface area contributed by atoms with Gasteiger partial charge in [0.05, 0.1) is 11.5 Å². The third-order valence-electron chi connectivity index (χ3n) is 3.04. The van der Waals surface area contributed by atoms with Gasteiger partial charge >= 0.3 is 0 Å². The van der Waals surface area contributed by atoms with Crippen LogP contribution in [0.5, 0.6) is 0 Å². The molecular formula is C15H17N3O4S2. The van der Waals surface area contributed by atoms with Crippen LogP contribution >= 0.6 is 23.5 Å². The first-order valence-corrected chi connectivity index (χ1v) is 9.17. The maximum atomic E-state index is 11.8. The molecule has 2 rings (SSSR count). The molecular weight excluding hydrogens is 350 g/mol. The number of carbonyl (C=O) groups is 4. The summed E-state index contributed by atoms with van der Waals surface area (Å²) in [5.41, 5.74) is 0.703. The van der Waals surface area contributed by atoms with Crippen molar-refractivity contribution in [1.82, 2.24) is 10.2 Å². The lowest BCUT2D eigenvalue weighted by molar-refractivity contribution is -0.125.